The number of alkyl halides is 3. The molecule has 4 aliphatic heterocycles. The molecule has 3 aromatic rings. The molecule has 44 heavy (non-hydrogen) atoms. The number of halogens is 3. The number of aromatic nitrogens is 3. The summed E-state index contributed by atoms with van der Waals surface area (Å²) in [6.45, 7) is 9.20. The summed E-state index contributed by atoms with van der Waals surface area (Å²) in [7, 11) is 1.22. The number of aromatic amines is 1. The highest BCUT2D eigenvalue weighted by Gasteiger charge is 2.42. The summed E-state index contributed by atoms with van der Waals surface area (Å²) in [4.78, 5) is 30.7. The summed E-state index contributed by atoms with van der Waals surface area (Å²) >= 11 is 0. The lowest BCUT2D eigenvalue weighted by Crippen LogP contribution is -2.67. The van der Waals surface area contributed by atoms with Crippen LogP contribution in [0, 0.1) is 11.3 Å². The topological polar surface area (TPSA) is 107 Å². The second kappa shape index (κ2) is 11.3. The number of hydrogen-bond acceptors (Lipinski definition) is 7. The van der Waals surface area contributed by atoms with Gasteiger partial charge in [-0.3, -0.25) is 9.80 Å². The molecule has 1 aromatic heterocycles. The van der Waals surface area contributed by atoms with Gasteiger partial charge >= 0.3 is 17.8 Å². The first kappa shape index (κ1) is 29.7. The molecule has 4 aliphatic rings. The highest BCUT2D eigenvalue weighted by atomic mass is 19.4. The van der Waals surface area contributed by atoms with Gasteiger partial charge in [0.25, 0.3) is 0 Å². The molecular formula is C31H33F3N7O3+. The Morgan fingerprint density at radius 3 is 2.55 bits per heavy atom. The smallest absolute Gasteiger partial charge is 0.416 e. The van der Waals surface area contributed by atoms with E-state index in [9.17, 15) is 28.0 Å². The Morgan fingerprint density at radius 1 is 1.16 bits per heavy atom. The van der Waals surface area contributed by atoms with E-state index in [1.54, 1.807) is 25.1 Å². The highest BCUT2D eigenvalue weighted by molar-refractivity contribution is 5.93. The monoisotopic (exact) mass is 608 g/mol. The van der Waals surface area contributed by atoms with Crippen molar-refractivity contribution in [3.8, 4) is 6.07 Å². The summed E-state index contributed by atoms with van der Waals surface area (Å²) in [5.41, 5.74) is 0.787. The quantitative estimate of drug-likeness (QED) is 0.322. The number of nitrogens with zero attached hydrogens (tertiary/aromatic N) is 6. The summed E-state index contributed by atoms with van der Waals surface area (Å²) in [5, 5.41) is 16.3. The van der Waals surface area contributed by atoms with Gasteiger partial charge in [0, 0.05) is 37.4 Å². The zero-order valence-corrected chi connectivity index (χ0v) is 24.5. The van der Waals surface area contributed by atoms with E-state index < -0.39 is 29.4 Å². The molecule has 2 aromatic carbocycles. The normalized spacial score (nSPS) is 23.0. The van der Waals surface area contributed by atoms with Crippen LogP contribution < -0.4 is 10.6 Å². The van der Waals surface area contributed by atoms with Crippen LogP contribution in [0.25, 0.3) is 0 Å². The third kappa shape index (κ3) is 5.18. The van der Waals surface area contributed by atoms with Crippen LogP contribution in [-0.4, -0.2) is 83.0 Å². The Hall–Kier alpha value is -4.41. The van der Waals surface area contributed by atoms with Crippen LogP contribution in [0.15, 0.2) is 58.5 Å². The van der Waals surface area contributed by atoms with Crippen molar-refractivity contribution < 1.29 is 27.2 Å². The first-order valence-corrected chi connectivity index (χ1v) is 14.6. The fourth-order valence-corrected chi connectivity index (χ4v) is 6.91. The number of benzene rings is 2. The first-order valence-electron chi connectivity index (χ1n) is 14.6. The molecule has 0 radical (unpaired) electrons. The zero-order valence-electron chi connectivity index (χ0n) is 24.5. The maximum atomic E-state index is 13.6. The van der Waals surface area contributed by atoms with Gasteiger partial charge in [-0.1, -0.05) is 12.1 Å². The van der Waals surface area contributed by atoms with Crippen LogP contribution in [0.5, 0.6) is 0 Å². The number of fused-ring (bicyclic) bond motifs is 4. The summed E-state index contributed by atoms with van der Waals surface area (Å²) in [6.07, 6.45) is -3.15. The number of carbonyl (C=O) groups is 1. The van der Waals surface area contributed by atoms with Crippen LogP contribution in [0.4, 0.5) is 24.8 Å². The van der Waals surface area contributed by atoms with Gasteiger partial charge in [-0.25, -0.2) is 19.3 Å². The van der Waals surface area contributed by atoms with Crippen molar-refractivity contribution in [2.45, 2.75) is 32.0 Å². The Morgan fingerprint density at radius 2 is 1.89 bits per heavy atom. The van der Waals surface area contributed by atoms with Crippen molar-refractivity contribution in [1.29, 1.82) is 5.26 Å². The third-order valence-electron chi connectivity index (χ3n) is 9.30. The van der Waals surface area contributed by atoms with Crippen molar-refractivity contribution in [1.82, 2.24) is 19.7 Å². The molecule has 7 rings (SSSR count). The Balaban J connectivity index is 1.45. The number of methoxy groups -OCH3 is 1. The van der Waals surface area contributed by atoms with Crippen molar-refractivity contribution in [3.63, 3.8) is 0 Å². The number of piperazine rings is 3. The van der Waals surface area contributed by atoms with Crippen molar-refractivity contribution in [2.24, 2.45) is 0 Å². The second-order valence-electron chi connectivity index (χ2n) is 11.7. The van der Waals surface area contributed by atoms with Crippen molar-refractivity contribution in [2.75, 3.05) is 57.8 Å². The minimum Gasteiger partial charge on any atom is -0.466 e. The van der Waals surface area contributed by atoms with E-state index in [2.05, 4.69) is 21.2 Å². The van der Waals surface area contributed by atoms with E-state index in [1.807, 2.05) is 0 Å². The van der Waals surface area contributed by atoms with Crippen LogP contribution in [0.3, 0.4) is 0 Å². The minimum absolute atomic E-state index is 0.0318. The van der Waals surface area contributed by atoms with Gasteiger partial charge in [0.05, 0.1) is 56.1 Å². The molecule has 1 unspecified atom stereocenters. The van der Waals surface area contributed by atoms with Crippen LogP contribution in [0.2, 0.25) is 0 Å². The SMILES string of the molecule is COC(=O)C1=C(C)N(c2cccc(C(F)(F)F)c2)c2n[nH]c(=O)n2C1c1ccc(C#N)cc1CCC[N+]12CCN(CC1)CC2. The standard InChI is InChI=1S/C31H32F3N7O3/c1-20-26(28(42)44-2)27(40-29(36-37-30(40)43)39(20)24-7-3-6-23(18-24)31(32,33)34)25-9-8-21(19-35)17-22(25)5-4-13-41-14-10-38(11-15-41)12-16-41/h3,6-9,17-18,27H,4-5,10-16H2,1-2H3/p+1. The number of H-pyrrole nitrogens is 1. The predicted octanol–water partition coefficient (Wildman–Crippen LogP) is 3.73. The van der Waals surface area contributed by atoms with Gasteiger partial charge in [0.1, 0.15) is 6.04 Å². The minimum atomic E-state index is -4.60. The number of rotatable bonds is 7. The lowest BCUT2D eigenvalue weighted by atomic mass is 9.88. The summed E-state index contributed by atoms with van der Waals surface area (Å²) < 4.78 is 48.4. The zero-order chi connectivity index (χ0) is 31.2. The number of esters is 1. The molecule has 3 fully saturated rings. The molecule has 0 aliphatic carbocycles. The molecule has 1 atom stereocenters. The molecule has 5 heterocycles. The Kier molecular flexibility index (Phi) is 7.59. The van der Waals surface area contributed by atoms with E-state index >= 15 is 0 Å². The van der Waals surface area contributed by atoms with Gasteiger partial charge in [-0.2, -0.15) is 18.4 Å². The average molecular weight is 609 g/mol. The third-order valence-corrected chi connectivity index (χ3v) is 9.30. The van der Waals surface area contributed by atoms with E-state index in [-0.39, 0.29) is 22.9 Å². The fraction of sp³-hybridized carbons (Fsp3) is 0.419. The number of carbonyl (C=O) groups excluding carboxylic acids is 1. The van der Waals surface area contributed by atoms with Crippen LogP contribution in [-0.2, 0) is 22.1 Å². The van der Waals surface area contributed by atoms with Gasteiger partial charge in [0.15, 0.2) is 0 Å². The number of anilines is 2. The number of nitrogens with one attached hydrogen (secondary N) is 1. The lowest BCUT2D eigenvalue weighted by molar-refractivity contribution is -0.941. The molecule has 13 heteroatoms. The van der Waals surface area contributed by atoms with Crippen LogP contribution in [0.1, 0.15) is 41.6 Å². The molecule has 0 saturated carbocycles. The average Bonchev–Trinajstić information content (AvgIpc) is 3.41. The van der Waals surface area contributed by atoms with Gasteiger partial charge in [0.2, 0.25) is 5.95 Å². The number of quaternary nitrogens is 1. The van der Waals surface area contributed by atoms with Crippen LogP contribution >= 0.6 is 0 Å². The molecule has 1 N–H and O–H groups in total. The molecule has 2 bridgehead atoms. The fourth-order valence-electron chi connectivity index (χ4n) is 6.91. The molecular weight excluding hydrogens is 575 g/mol. The number of aryl methyl sites for hydroxylation is 1. The first-order chi connectivity index (χ1) is 21.0. The molecule has 0 amide bonds. The van der Waals surface area contributed by atoms with E-state index in [1.165, 1.54) is 28.7 Å². The Bertz CT molecular complexity index is 1710. The lowest BCUT2D eigenvalue weighted by Gasteiger charge is -2.50. The Labute approximate surface area is 252 Å². The molecule has 0 spiro atoms. The number of nitriles is 1. The number of allylic oxidation sites excluding steroid dienone is 1. The van der Waals surface area contributed by atoms with Crippen molar-refractivity contribution in [3.05, 3.63) is 86.5 Å². The maximum absolute atomic E-state index is 13.6. The maximum Gasteiger partial charge on any atom is 0.416 e. The van der Waals surface area contributed by atoms with E-state index in [0.717, 1.165) is 74.4 Å². The molecule has 230 valence electrons. The highest BCUT2D eigenvalue weighted by Crippen LogP contribution is 2.43. The summed E-state index contributed by atoms with van der Waals surface area (Å²) in [5.74, 6) is -0.702. The van der Waals surface area contributed by atoms with Gasteiger partial charge in [-0.05, 0) is 54.8 Å². The predicted molar refractivity (Wildman–Crippen MR) is 155 cm³/mol. The van der Waals surface area contributed by atoms with Gasteiger partial charge < -0.3 is 9.22 Å². The largest absolute Gasteiger partial charge is 0.466 e. The second-order valence-corrected chi connectivity index (χ2v) is 11.7. The molecule has 10 nitrogen and oxygen atoms in total. The van der Waals surface area contributed by atoms with E-state index in [0.29, 0.717) is 17.5 Å². The summed E-state index contributed by atoms with van der Waals surface area (Å²) in [6, 6.07) is 11.0. The molecule has 3 saturated heterocycles. The van der Waals surface area contributed by atoms with E-state index in [4.69, 9.17) is 4.74 Å². The number of hydrogen-bond donors (Lipinski definition) is 1. The van der Waals surface area contributed by atoms with Crippen molar-refractivity contribution >= 4 is 17.6 Å². The number of ether oxygens (including phenoxy) is 1. The van der Waals surface area contributed by atoms with Gasteiger partial charge in [-0.15, -0.1) is 5.10 Å².